The van der Waals surface area contributed by atoms with Crippen LogP contribution in [0.4, 0.5) is 0 Å². The summed E-state index contributed by atoms with van der Waals surface area (Å²) < 4.78 is 2.37. The molecule has 1 aliphatic heterocycles. The van der Waals surface area contributed by atoms with E-state index in [1.165, 1.54) is 27.6 Å². The molecular formula is C24H30ClN3. The van der Waals surface area contributed by atoms with E-state index in [1.807, 2.05) is 12.1 Å². The van der Waals surface area contributed by atoms with Gasteiger partial charge < -0.3 is 4.57 Å². The van der Waals surface area contributed by atoms with Crippen molar-refractivity contribution in [3.63, 3.8) is 0 Å². The second-order valence-corrected chi connectivity index (χ2v) is 8.20. The van der Waals surface area contributed by atoms with Crippen molar-refractivity contribution in [2.45, 2.75) is 39.9 Å². The third kappa shape index (κ3) is 4.12. The van der Waals surface area contributed by atoms with Gasteiger partial charge in [-0.15, -0.1) is 0 Å². The van der Waals surface area contributed by atoms with Gasteiger partial charge in [-0.05, 0) is 48.2 Å². The Morgan fingerprint density at radius 3 is 2.25 bits per heavy atom. The minimum Gasteiger partial charge on any atom is -0.347 e. The Morgan fingerprint density at radius 1 is 0.857 bits per heavy atom. The molecule has 2 heterocycles. The molecule has 0 aliphatic carbocycles. The summed E-state index contributed by atoms with van der Waals surface area (Å²) in [6, 6.07) is 15.2. The first-order valence-corrected chi connectivity index (χ1v) is 10.8. The van der Waals surface area contributed by atoms with Crippen molar-refractivity contribution in [2.75, 3.05) is 26.2 Å². The molecule has 0 unspecified atom stereocenters. The average Bonchev–Trinajstić information content (AvgIpc) is 3.08. The fraction of sp³-hybridized carbons (Fsp3) is 0.417. The number of fused-ring (bicyclic) bond motifs is 1. The summed E-state index contributed by atoms with van der Waals surface area (Å²) >= 11 is 6.33. The molecule has 28 heavy (non-hydrogen) atoms. The van der Waals surface area contributed by atoms with Crippen LogP contribution in [-0.4, -0.2) is 40.5 Å². The second-order valence-electron chi connectivity index (χ2n) is 7.79. The van der Waals surface area contributed by atoms with Gasteiger partial charge in [-0.1, -0.05) is 42.8 Å². The van der Waals surface area contributed by atoms with Crippen LogP contribution < -0.4 is 0 Å². The molecule has 4 rings (SSSR count). The molecule has 1 saturated heterocycles. The van der Waals surface area contributed by atoms with Crippen molar-refractivity contribution in [1.82, 2.24) is 14.4 Å². The number of nitrogens with zero attached hydrogens (tertiary/aromatic N) is 3. The fourth-order valence-corrected chi connectivity index (χ4v) is 4.49. The van der Waals surface area contributed by atoms with Gasteiger partial charge in [0.1, 0.15) is 0 Å². The monoisotopic (exact) mass is 395 g/mol. The Labute approximate surface area is 173 Å². The molecule has 1 aliphatic rings. The van der Waals surface area contributed by atoms with Gasteiger partial charge in [0.05, 0.1) is 0 Å². The molecule has 3 nitrogen and oxygen atoms in total. The first kappa shape index (κ1) is 19.5. The molecule has 0 saturated carbocycles. The molecule has 3 aromatic rings. The van der Waals surface area contributed by atoms with Gasteiger partial charge in [0.15, 0.2) is 0 Å². The lowest BCUT2D eigenvalue weighted by molar-refractivity contribution is 0.122. The lowest BCUT2D eigenvalue weighted by atomic mass is 10.1. The number of piperazine rings is 1. The summed E-state index contributed by atoms with van der Waals surface area (Å²) in [5.41, 5.74) is 5.49. The van der Waals surface area contributed by atoms with E-state index >= 15 is 0 Å². The van der Waals surface area contributed by atoms with Gasteiger partial charge in [0, 0.05) is 67.9 Å². The van der Waals surface area contributed by atoms with Crippen LogP contribution in [0.3, 0.4) is 0 Å². The van der Waals surface area contributed by atoms with E-state index in [4.69, 9.17) is 11.6 Å². The summed E-state index contributed by atoms with van der Waals surface area (Å²) in [6.45, 7) is 11.9. The minimum atomic E-state index is 0.879. The predicted molar refractivity (Wildman–Crippen MR) is 119 cm³/mol. The third-order valence-electron chi connectivity index (χ3n) is 5.97. The third-order valence-corrected chi connectivity index (χ3v) is 6.34. The molecule has 0 atom stereocenters. The minimum absolute atomic E-state index is 0.879. The van der Waals surface area contributed by atoms with Crippen molar-refractivity contribution in [2.24, 2.45) is 0 Å². The lowest BCUT2D eigenvalue weighted by Gasteiger charge is -2.35. The van der Waals surface area contributed by atoms with Crippen LogP contribution >= 0.6 is 11.6 Å². The molecular weight excluding hydrogens is 366 g/mol. The SMILES string of the molecule is CCc1cn(CC)c2ccc(CN3CCN(Cc4ccccc4Cl)CC3)cc12. The molecule has 0 bridgehead atoms. The zero-order valence-electron chi connectivity index (χ0n) is 17.0. The molecule has 0 spiro atoms. The van der Waals surface area contributed by atoms with Crippen LogP contribution in [0.25, 0.3) is 10.9 Å². The van der Waals surface area contributed by atoms with E-state index in [2.05, 4.69) is 64.7 Å². The first-order chi connectivity index (χ1) is 13.7. The Balaban J connectivity index is 1.39. The van der Waals surface area contributed by atoms with Crippen LogP contribution in [0.1, 0.15) is 30.5 Å². The van der Waals surface area contributed by atoms with Crippen LogP contribution in [0, 0.1) is 0 Å². The quantitative estimate of drug-likeness (QED) is 0.568. The van der Waals surface area contributed by atoms with Gasteiger partial charge in [0.2, 0.25) is 0 Å². The maximum Gasteiger partial charge on any atom is 0.0483 e. The summed E-state index contributed by atoms with van der Waals surface area (Å²) in [4.78, 5) is 5.09. The summed E-state index contributed by atoms with van der Waals surface area (Å²) in [5, 5.41) is 2.31. The molecule has 2 aromatic carbocycles. The highest BCUT2D eigenvalue weighted by atomic mass is 35.5. The van der Waals surface area contributed by atoms with E-state index < -0.39 is 0 Å². The van der Waals surface area contributed by atoms with Crippen molar-refractivity contribution in [3.05, 3.63) is 70.4 Å². The number of hydrogen-bond acceptors (Lipinski definition) is 2. The molecule has 0 N–H and O–H groups in total. The number of aromatic nitrogens is 1. The molecule has 4 heteroatoms. The van der Waals surface area contributed by atoms with E-state index in [0.717, 1.165) is 57.3 Å². The number of rotatable bonds is 6. The van der Waals surface area contributed by atoms with Crippen molar-refractivity contribution < 1.29 is 0 Å². The Bertz CT molecular complexity index is 938. The number of aryl methyl sites for hydroxylation is 2. The van der Waals surface area contributed by atoms with E-state index in [-0.39, 0.29) is 0 Å². The van der Waals surface area contributed by atoms with Gasteiger partial charge in [0.25, 0.3) is 0 Å². The van der Waals surface area contributed by atoms with Crippen LogP contribution in [0.5, 0.6) is 0 Å². The molecule has 1 aromatic heterocycles. The summed E-state index contributed by atoms with van der Waals surface area (Å²) in [6.07, 6.45) is 3.41. The number of halogens is 1. The van der Waals surface area contributed by atoms with Crippen LogP contribution in [-0.2, 0) is 26.1 Å². The standard InChI is InChI=1S/C24H30ClN3/c1-3-20-18-28(4-2)24-10-9-19(15-22(20)24)16-26-11-13-27(14-12-26)17-21-7-5-6-8-23(21)25/h5-10,15,18H,3-4,11-14,16-17H2,1-2H3. The highest BCUT2D eigenvalue weighted by Crippen LogP contribution is 2.24. The number of hydrogen-bond donors (Lipinski definition) is 0. The lowest BCUT2D eigenvalue weighted by Crippen LogP contribution is -2.45. The Morgan fingerprint density at radius 2 is 1.57 bits per heavy atom. The smallest absolute Gasteiger partial charge is 0.0483 e. The zero-order chi connectivity index (χ0) is 19.5. The first-order valence-electron chi connectivity index (χ1n) is 10.5. The Kier molecular flexibility index (Phi) is 6.05. The average molecular weight is 396 g/mol. The molecule has 0 amide bonds. The fourth-order valence-electron chi connectivity index (χ4n) is 4.29. The van der Waals surface area contributed by atoms with Gasteiger partial charge in [-0.2, -0.15) is 0 Å². The second kappa shape index (κ2) is 8.69. The Hall–Kier alpha value is -1.81. The summed E-state index contributed by atoms with van der Waals surface area (Å²) in [5.74, 6) is 0. The molecule has 1 fully saturated rings. The zero-order valence-corrected chi connectivity index (χ0v) is 17.8. The molecule has 148 valence electrons. The summed E-state index contributed by atoms with van der Waals surface area (Å²) in [7, 11) is 0. The van der Waals surface area contributed by atoms with Gasteiger partial charge >= 0.3 is 0 Å². The van der Waals surface area contributed by atoms with E-state index in [9.17, 15) is 0 Å². The van der Waals surface area contributed by atoms with E-state index in [0.29, 0.717) is 0 Å². The van der Waals surface area contributed by atoms with Crippen LogP contribution in [0.15, 0.2) is 48.7 Å². The molecule has 0 radical (unpaired) electrons. The van der Waals surface area contributed by atoms with Gasteiger partial charge in [-0.3, -0.25) is 9.80 Å². The van der Waals surface area contributed by atoms with Crippen molar-refractivity contribution in [3.8, 4) is 0 Å². The maximum absolute atomic E-state index is 6.33. The van der Waals surface area contributed by atoms with Crippen molar-refractivity contribution in [1.29, 1.82) is 0 Å². The van der Waals surface area contributed by atoms with Crippen molar-refractivity contribution >= 4 is 22.5 Å². The highest BCUT2D eigenvalue weighted by molar-refractivity contribution is 6.31. The largest absolute Gasteiger partial charge is 0.347 e. The topological polar surface area (TPSA) is 11.4 Å². The maximum atomic E-state index is 6.33. The van der Waals surface area contributed by atoms with Crippen LogP contribution in [0.2, 0.25) is 5.02 Å². The van der Waals surface area contributed by atoms with E-state index in [1.54, 1.807) is 0 Å². The predicted octanol–water partition coefficient (Wildman–Crippen LogP) is 5.19. The number of benzene rings is 2. The highest BCUT2D eigenvalue weighted by Gasteiger charge is 2.18. The normalized spacial score (nSPS) is 16.1. The van der Waals surface area contributed by atoms with Gasteiger partial charge in [-0.25, -0.2) is 0 Å².